The third kappa shape index (κ3) is 5.56. The molecule has 0 unspecified atom stereocenters. The highest BCUT2D eigenvalue weighted by molar-refractivity contribution is 6.02. The summed E-state index contributed by atoms with van der Waals surface area (Å²) >= 11 is 0. The van der Waals surface area contributed by atoms with Gasteiger partial charge in [0.15, 0.2) is 0 Å². The summed E-state index contributed by atoms with van der Waals surface area (Å²) in [5.41, 5.74) is 7.19. The van der Waals surface area contributed by atoms with Crippen LogP contribution in [-0.4, -0.2) is 33.3 Å². The van der Waals surface area contributed by atoms with E-state index >= 15 is 0 Å². The summed E-state index contributed by atoms with van der Waals surface area (Å²) in [6, 6.07) is 10.3. The molecule has 4 rings (SSSR count). The number of nitrogens with zero attached hydrogens (tertiary/aromatic N) is 2. The molecule has 33 heavy (non-hydrogen) atoms. The van der Waals surface area contributed by atoms with Crippen LogP contribution in [0.15, 0.2) is 46.9 Å². The van der Waals surface area contributed by atoms with E-state index < -0.39 is 11.9 Å². The molecule has 1 aromatic heterocycles. The molecule has 0 aliphatic heterocycles. The Morgan fingerprint density at radius 2 is 1.82 bits per heavy atom. The molecule has 0 atom stereocenters. The molecule has 172 valence electrons. The molecule has 0 spiro atoms. The Kier molecular flexibility index (Phi) is 6.38. The van der Waals surface area contributed by atoms with Crippen LogP contribution in [0.3, 0.4) is 0 Å². The van der Waals surface area contributed by atoms with Crippen molar-refractivity contribution in [1.82, 2.24) is 10.2 Å². The fraction of sp³-hybridized carbons (Fsp3) is 0.273. The largest absolute Gasteiger partial charge is 0.490 e. The highest BCUT2D eigenvalue weighted by Crippen LogP contribution is 2.30. The summed E-state index contributed by atoms with van der Waals surface area (Å²) in [5, 5.41) is 21.9. The van der Waals surface area contributed by atoms with E-state index in [4.69, 9.17) is 20.0 Å². The number of aliphatic carboxylic acids is 1. The standard InChI is InChI=1S/C22H22FN5O5/c23-13-3-5-14(6-4-13)25-22-28-27-20(33-22)19(29)26-18-10-9-16(11-17(18)24)32-15-7-1-12(2-8-15)21(30)31/h3-6,9-12,15H,1-2,7-8,24H2,(H,25,28)(H,26,29)(H,30,31). The minimum Gasteiger partial charge on any atom is -0.490 e. The second-order valence-corrected chi connectivity index (χ2v) is 7.68. The van der Waals surface area contributed by atoms with Crippen LogP contribution in [0.25, 0.3) is 0 Å². The van der Waals surface area contributed by atoms with Crippen molar-refractivity contribution in [1.29, 1.82) is 0 Å². The van der Waals surface area contributed by atoms with Crippen molar-refractivity contribution in [3.8, 4) is 5.75 Å². The van der Waals surface area contributed by atoms with Gasteiger partial charge in [-0.15, -0.1) is 5.10 Å². The van der Waals surface area contributed by atoms with Crippen LogP contribution in [0.4, 0.5) is 27.5 Å². The number of carbonyl (C=O) groups is 2. The number of carboxylic acid groups (broad SMARTS) is 1. The molecule has 0 bridgehead atoms. The Morgan fingerprint density at radius 1 is 1.09 bits per heavy atom. The van der Waals surface area contributed by atoms with Gasteiger partial charge in [-0.25, -0.2) is 4.39 Å². The minimum absolute atomic E-state index is 0.0268. The first-order valence-corrected chi connectivity index (χ1v) is 10.3. The van der Waals surface area contributed by atoms with Gasteiger partial charge in [0, 0.05) is 11.8 Å². The zero-order chi connectivity index (χ0) is 23.4. The van der Waals surface area contributed by atoms with E-state index in [0.29, 0.717) is 42.8 Å². The monoisotopic (exact) mass is 455 g/mol. The van der Waals surface area contributed by atoms with Gasteiger partial charge in [-0.3, -0.25) is 9.59 Å². The summed E-state index contributed by atoms with van der Waals surface area (Å²) in [7, 11) is 0. The van der Waals surface area contributed by atoms with E-state index in [1.165, 1.54) is 24.3 Å². The quantitative estimate of drug-likeness (QED) is 0.390. The Bertz CT molecular complexity index is 1140. The van der Waals surface area contributed by atoms with E-state index in [-0.39, 0.29) is 35.4 Å². The Balaban J connectivity index is 1.33. The first kappa shape index (κ1) is 22.1. The molecule has 1 aliphatic carbocycles. The third-order valence-electron chi connectivity index (χ3n) is 5.31. The van der Waals surface area contributed by atoms with Crippen LogP contribution >= 0.6 is 0 Å². The van der Waals surface area contributed by atoms with Gasteiger partial charge in [-0.1, -0.05) is 5.10 Å². The van der Waals surface area contributed by atoms with Crippen LogP contribution in [0.1, 0.15) is 36.4 Å². The van der Waals surface area contributed by atoms with E-state index in [1.807, 2.05) is 0 Å². The molecular weight excluding hydrogens is 433 g/mol. The summed E-state index contributed by atoms with van der Waals surface area (Å²) < 4.78 is 24.2. The Labute approximate surface area is 187 Å². The number of hydrogen-bond acceptors (Lipinski definition) is 8. The number of rotatable bonds is 7. The summed E-state index contributed by atoms with van der Waals surface area (Å²) in [5.74, 6) is -1.86. The highest BCUT2D eigenvalue weighted by atomic mass is 19.1. The lowest BCUT2D eigenvalue weighted by Gasteiger charge is -2.27. The third-order valence-corrected chi connectivity index (χ3v) is 5.31. The zero-order valence-corrected chi connectivity index (χ0v) is 17.5. The average Bonchev–Trinajstić information content (AvgIpc) is 3.26. The van der Waals surface area contributed by atoms with Crippen molar-refractivity contribution >= 4 is 35.0 Å². The van der Waals surface area contributed by atoms with Crippen molar-refractivity contribution in [2.75, 3.05) is 16.4 Å². The first-order chi connectivity index (χ1) is 15.9. The number of amides is 1. The van der Waals surface area contributed by atoms with E-state index in [1.54, 1.807) is 18.2 Å². The normalized spacial score (nSPS) is 17.8. The van der Waals surface area contributed by atoms with Crippen LogP contribution < -0.4 is 21.1 Å². The summed E-state index contributed by atoms with van der Waals surface area (Å²) in [6.45, 7) is 0. The van der Waals surface area contributed by atoms with Gasteiger partial charge in [0.2, 0.25) is 0 Å². The summed E-state index contributed by atoms with van der Waals surface area (Å²) in [6.07, 6.45) is 2.38. The topological polar surface area (TPSA) is 153 Å². The fourth-order valence-corrected chi connectivity index (χ4v) is 3.55. The van der Waals surface area contributed by atoms with Crippen molar-refractivity contribution in [2.45, 2.75) is 31.8 Å². The number of ether oxygens (including phenoxy) is 1. The van der Waals surface area contributed by atoms with Crippen LogP contribution in [-0.2, 0) is 4.79 Å². The van der Waals surface area contributed by atoms with Gasteiger partial charge < -0.3 is 30.6 Å². The van der Waals surface area contributed by atoms with E-state index in [2.05, 4.69) is 20.8 Å². The van der Waals surface area contributed by atoms with Gasteiger partial charge in [0.1, 0.15) is 11.6 Å². The predicted octanol–water partition coefficient (Wildman–Crippen LogP) is 3.81. The maximum Gasteiger partial charge on any atom is 0.320 e. The molecule has 1 heterocycles. The van der Waals surface area contributed by atoms with Crippen molar-refractivity contribution in [3.05, 3.63) is 54.2 Å². The number of aromatic nitrogens is 2. The van der Waals surface area contributed by atoms with E-state index in [9.17, 15) is 14.0 Å². The fourth-order valence-electron chi connectivity index (χ4n) is 3.55. The van der Waals surface area contributed by atoms with Crippen molar-refractivity contribution in [2.24, 2.45) is 5.92 Å². The minimum atomic E-state index is -0.766. The van der Waals surface area contributed by atoms with Crippen molar-refractivity contribution in [3.63, 3.8) is 0 Å². The molecule has 11 heteroatoms. The maximum atomic E-state index is 13.0. The molecule has 0 radical (unpaired) electrons. The molecule has 0 saturated heterocycles. The number of nitrogens with two attached hydrogens (primary N) is 1. The van der Waals surface area contributed by atoms with Crippen LogP contribution in [0.2, 0.25) is 0 Å². The average molecular weight is 455 g/mol. The number of nitrogens with one attached hydrogen (secondary N) is 2. The molecular formula is C22H22FN5O5. The summed E-state index contributed by atoms with van der Waals surface area (Å²) in [4.78, 5) is 23.5. The predicted molar refractivity (Wildman–Crippen MR) is 117 cm³/mol. The number of carbonyl (C=O) groups excluding carboxylic acids is 1. The second-order valence-electron chi connectivity index (χ2n) is 7.68. The van der Waals surface area contributed by atoms with Gasteiger partial charge >= 0.3 is 23.8 Å². The molecule has 2 aromatic carbocycles. The van der Waals surface area contributed by atoms with Gasteiger partial charge in [0.05, 0.1) is 23.4 Å². The number of carboxylic acids is 1. The van der Waals surface area contributed by atoms with Crippen molar-refractivity contribution < 1.29 is 28.2 Å². The molecule has 10 nitrogen and oxygen atoms in total. The first-order valence-electron chi connectivity index (χ1n) is 10.3. The molecule has 1 amide bonds. The lowest BCUT2D eigenvalue weighted by Crippen LogP contribution is -2.27. The number of hydrogen-bond donors (Lipinski definition) is 4. The zero-order valence-electron chi connectivity index (χ0n) is 17.5. The van der Waals surface area contributed by atoms with Crippen LogP contribution in [0, 0.1) is 11.7 Å². The van der Waals surface area contributed by atoms with Gasteiger partial charge in [-0.2, -0.15) is 0 Å². The van der Waals surface area contributed by atoms with E-state index in [0.717, 1.165) is 0 Å². The lowest BCUT2D eigenvalue weighted by molar-refractivity contribution is -0.143. The number of halogens is 1. The van der Waals surface area contributed by atoms with Gasteiger partial charge in [-0.05, 0) is 62.1 Å². The molecule has 3 aromatic rings. The smallest absolute Gasteiger partial charge is 0.320 e. The Morgan fingerprint density at radius 3 is 2.48 bits per heavy atom. The Hall–Kier alpha value is -4.15. The second kappa shape index (κ2) is 9.55. The van der Waals surface area contributed by atoms with Gasteiger partial charge in [0.25, 0.3) is 0 Å². The molecule has 1 fully saturated rings. The molecule has 1 saturated carbocycles. The molecule has 1 aliphatic rings. The molecule has 5 N–H and O–H groups in total. The number of nitrogen functional groups attached to an aromatic ring is 1. The van der Waals surface area contributed by atoms with Crippen LogP contribution in [0.5, 0.6) is 5.75 Å². The number of benzene rings is 2. The SMILES string of the molecule is Nc1cc(OC2CCC(C(=O)O)CC2)ccc1NC(=O)c1nnc(Nc2ccc(F)cc2)o1. The number of anilines is 4. The lowest BCUT2D eigenvalue weighted by atomic mass is 9.87. The highest BCUT2D eigenvalue weighted by Gasteiger charge is 2.27. The maximum absolute atomic E-state index is 13.0.